The lowest BCUT2D eigenvalue weighted by Gasteiger charge is -2.28. The van der Waals surface area contributed by atoms with Crippen molar-refractivity contribution in [1.82, 2.24) is 10.2 Å². The maximum atomic E-state index is 12.9. The molecule has 0 aliphatic heterocycles. The topological polar surface area (TPSA) is 27.3 Å². The lowest BCUT2D eigenvalue weighted by atomic mass is 10.0. The first-order chi connectivity index (χ1) is 11.7. The normalized spacial score (nSPS) is 13.8. The Labute approximate surface area is 153 Å². The first-order valence-electron chi connectivity index (χ1n) is 7.72. The van der Waals surface area contributed by atoms with E-state index in [1.165, 1.54) is 0 Å². The van der Waals surface area contributed by atoms with Crippen molar-refractivity contribution in [2.75, 3.05) is 26.0 Å². The molecule has 10 heteroatoms. The van der Waals surface area contributed by atoms with Crippen LogP contribution in [0.5, 0.6) is 0 Å². The minimum absolute atomic E-state index is 0.0510. The van der Waals surface area contributed by atoms with Crippen molar-refractivity contribution in [2.45, 2.75) is 32.2 Å². The highest BCUT2D eigenvalue weighted by Gasteiger charge is 2.37. The van der Waals surface area contributed by atoms with Crippen LogP contribution in [-0.4, -0.2) is 36.7 Å². The summed E-state index contributed by atoms with van der Waals surface area (Å²) < 4.78 is 77.1. The number of nitrogens with zero attached hydrogens (tertiary/aromatic N) is 1. The molecule has 1 unspecified atom stereocenters. The number of likely N-dealkylation sites (N-methyl/N-ethyl adjacent to an activating group) is 1. The van der Waals surface area contributed by atoms with Crippen LogP contribution in [0.2, 0.25) is 0 Å². The maximum Gasteiger partial charge on any atom is 0.416 e. The molecule has 0 amide bonds. The van der Waals surface area contributed by atoms with E-state index in [4.69, 9.17) is 12.2 Å². The van der Waals surface area contributed by atoms with Gasteiger partial charge >= 0.3 is 12.4 Å². The summed E-state index contributed by atoms with van der Waals surface area (Å²) in [4.78, 5) is 1.95. The minimum Gasteiger partial charge on any atom is -0.361 e. The number of nitrogens with one attached hydrogen (secondary N) is 2. The fourth-order valence-electron chi connectivity index (χ4n) is 2.41. The molecule has 26 heavy (non-hydrogen) atoms. The summed E-state index contributed by atoms with van der Waals surface area (Å²) in [6.07, 6.45) is -9.80. The van der Waals surface area contributed by atoms with Crippen molar-refractivity contribution in [3.05, 3.63) is 29.3 Å². The third kappa shape index (κ3) is 6.64. The number of thiocarbonyl (C=S) groups is 1. The molecule has 3 nitrogen and oxygen atoms in total. The average molecular weight is 401 g/mol. The summed E-state index contributed by atoms with van der Waals surface area (Å²) in [5.74, 6) is 0.269. The van der Waals surface area contributed by atoms with Gasteiger partial charge in [0.25, 0.3) is 0 Å². The molecular weight excluding hydrogens is 380 g/mol. The number of rotatable bonds is 5. The van der Waals surface area contributed by atoms with E-state index in [0.717, 1.165) is 0 Å². The van der Waals surface area contributed by atoms with Gasteiger partial charge in [0, 0.05) is 18.3 Å². The van der Waals surface area contributed by atoms with E-state index in [0.29, 0.717) is 18.7 Å². The average Bonchev–Trinajstić information content (AvgIpc) is 2.44. The zero-order valence-corrected chi connectivity index (χ0v) is 15.5. The van der Waals surface area contributed by atoms with Gasteiger partial charge in [0.2, 0.25) is 0 Å². The van der Waals surface area contributed by atoms with Gasteiger partial charge < -0.3 is 15.5 Å². The van der Waals surface area contributed by atoms with Gasteiger partial charge in [-0.3, -0.25) is 0 Å². The van der Waals surface area contributed by atoms with E-state index in [1.54, 1.807) is 0 Å². The fraction of sp³-hybridized carbons (Fsp3) is 0.562. The SMILES string of the molecule is CC(C)C(CNC(=S)Nc1cc(C(F)(F)F)cc(C(F)(F)F)c1)N(C)C. The number of hydrogen-bond donors (Lipinski definition) is 2. The Balaban J connectivity index is 2.96. The Morgan fingerprint density at radius 3 is 1.81 bits per heavy atom. The predicted octanol–water partition coefficient (Wildman–Crippen LogP) is 4.60. The van der Waals surface area contributed by atoms with Crippen LogP contribution in [0.15, 0.2) is 18.2 Å². The van der Waals surface area contributed by atoms with Gasteiger partial charge in [0.15, 0.2) is 5.11 Å². The molecule has 0 aliphatic carbocycles. The Morgan fingerprint density at radius 1 is 1.00 bits per heavy atom. The van der Waals surface area contributed by atoms with E-state index >= 15 is 0 Å². The van der Waals surface area contributed by atoms with Crippen LogP contribution in [-0.2, 0) is 12.4 Å². The number of halogens is 6. The Kier molecular flexibility index (Phi) is 7.29. The molecule has 0 fully saturated rings. The minimum atomic E-state index is -4.90. The van der Waals surface area contributed by atoms with Gasteiger partial charge in [0.05, 0.1) is 11.1 Å². The molecule has 0 aromatic heterocycles. The highest BCUT2D eigenvalue weighted by Crippen LogP contribution is 2.37. The summed E-state index contributed by atoms with van der Waals surface area (Å²) >= 11 is 5.00. The Hall–Kier alpha value is -1.55. The second-order valence-electron chi connectivity index (χ2n) is 6.40. The smallest absolute Gasteiger partial charge is 0.361 e. The van der Waals surface area contributed by atoms with Gasteiger partial charge in [-0.15, -0.1) is 0 Å². The highest BCUT2D eigenvalue weighted by molar-refractivity contribution is 7.80. The molecule has 0 bridgehead atoms. The van der Waals surface area contributed by atoms with Crippen molar-refractivity contribution in [3.8, 4) is 0 Å². The summed E-state index contributed by atoms with van der Waals surface area (Å²) in [7, 11) is 3.73. The van der Waals surface area contributed by atoms with Crippen molar-refractivity contribution in [2.24, 2.45) is 5.92 Å². The zero-order valence-electron chi connectivity index (χ0n) is 14.7. The zero-order chi connectivity index (χ0) is 20.3. The standard InChI is InChI=1S/C16H21F6N3S/c1-9(2)13(25(3)4)8-23-14(26)24-12-6-10(15(17,18)19)5-11(7-12)16(20,21)22/h5-7,9,13H,8H2,1-4H3,(H2,23,24,26). The molecule has 2 N–H and O–H groups in total. The lowest BCUT2D eigenvalue weighted by Crippen LogP contribution is -2.44. The van der Waals surface area contributed by atoms with Crippen LogP contribution in [0.1, 0.15) is 25.0 Å². The first-order valence-corrected chi connectivity index (χ1v) is 8.13. The van der Waals surface area contributed by atoms with Gasteiger partial charge in [-0.25, -0.2) is 0 Å². The van der Waals surface area contributed by atoms with Crippen LogP contribution >= 0.6 is 12.2 Å². The van der Waals surface area contributed by atoms with E-state index in [2.05, 4.69) is 10.6 Å². The highest BCUT2D eigenvalue weighted by atomic mass is 32.1. The summed E-state index contributed by atoms with van der Waals surface area (Å²) in [5.41, 5.74) is -3.17. The molecule has 0 spiro atoms. The molecule has 1 atom stereocenters. The number of hydrogen-bond acceptors (Lipinski definition) is 2. The van der Waals surface area contributed by atoms with Crippen molar-refractivity contribution >= 4 is 23.0 Å². The lowest BCUT2D eigenvalue weighted by molar-refractivity contribution is -0.143. The second-order valence-corrected chi connectivity index (χ2v) is 6.81. The molecule has 1 aromatic rings. The third-order valence-electron chi connectivity index (χ3n) is 3.75. The monoisotopic (exact) mass is 401 g/mol. The van der Waals surface area contributed by atoms with Crippen LogP contribution in [0.4, 0.5) is 32.0 Å². The first kappa shape index (κ1) is 22.5. The molecule has 0 saturated carbocycles. The van der Waals surface area contributed by atoms with Crippen molar-refractivity contribution in [3.63, 3.8) is 0 Å². The molecular formula is C16H21F6N3S. The van der Waals surface area contributed by atoms with E-state index in [9.17, 15) is 26.3 Å². The van der Waals surface area contributed by atoms with Crippen LogP contribution in [0, 0.1) is 5.92 Å². The number of benzene rings is 1. The molecule has 148 valence electrons. The predicted molar refractivity (Wildman–Crippen MR) is 93.0 cm³/mol. The maximum absolute atomic E-state index is 12.9. The second kappa shape index (κ2) is 8.43. The molecule has 0 saturated heterocycles. The van der Waals surface area contributed by atoms with Gasteiger partial charge in [0.1, 0.15) is 0 Å². The largest absolute Gasteiger partial charge is 0.416 e. The third-order valence-corrected chi connectivity index (χ3v) is 4.00. The molecule has 0 radical (unpaired) electrons. The van der Waals surface area contributed by atoms with Crippen molar-refractivity contribution < 1.29 is 26.3 Å². The summed E-state index contributed by atoms with van der Waals surface area (Å²) in [6, 6.07) is 1.34. The summed E-state index contributed by atoms with van der Waals surface area (Å²) in [5, 5.41) is 5.18. The molecule has 1 rings (SSSR count). The van der Waals surface area contributed by atoms with Gasteiger partial charge in [-0.05, 0) is 50.4 Å². The number of alkyl halides is 6. The van der Waals surface area contributed by atoms with E-state index in [-0.39, 0.29) is 28.8 Å². The van der Waals surface area contributed by atoms with Gasteiger partial charge in [-0.2, -0.15) is 26.3 Å². The Bertz CT molecular complexity index is 585. The van der Waals surface area contributed by atoms with E-state index in [1.807, 2.05) is 32.8 Å². The quantitative estimate of drug-likeness (QED) is 0.557. The van der Waals surface area contributed by atoms with Gasteiger partial charge in [-0.1, -0.05) is 13.8 Å². The fourth-order valence-corrected chi connectivity index (χ4v) is 2.62. The summed E-state index contributed by atoms with van der Waals surface area (Å²) in [6.45, 7) is 4.37. The number of anilines is 1. The molecule has 1 aromatic carbocycles. The van der Waals surface area contributed by atoms with Crippen LogP contribution in [0.25, 0.3) is 0 Å². The molecule has 0 heterocycles. The van der Waals surface area contributed by atoms with Crippen LogP contribution < -0.4 is 10.6 Å². The Morgan fingerprint density at radius 2 is 1.46 bits per heavy atom. The molecule has 0 aliphatic rings. The van der Waals surface area contributed by atoms with E-state index < -0.39 is 23.5 Å². The van der Waals surface area contributed by atoms with Crippen LogP contribution in [0.3, 0.4) is 0 Å². The van der Waals surface area contributed by atoms with Crippen molar-refractivity contribution in [1.29, 1.82) is 0 Å².